The Labute approximate surface area is 171 Å². The summed E-state index contributed by atoms with van der Waals surface area (Å²) in [6.45, 7) is 3.30. The molecule has 0 unspecified atom stereocenters. The van der Waals surface area contributed by atoms with Crippen molar-refractivity contribution in [3.05, 3.63) is 53.6 Å². The fourth-order valence-electron chi connectivity index (χ4n) is 3.45. The molecule has 0 aliphatic carbocycles. The smallest absolute Gasteiger partial charge is 0.262 e. The lowest BCUT2D eigenvalue weighted by molar-refractivity contribution is -0.118. The molecule has 0 bridgehead atoms. The molecule has 1 saturated heterocycles. The first-order valence-electron chi connectivity index (χ1n) is 10.0. The molecule has 0 saturated carbocycles. The normalized spacial score (nSPS) is 14.1. The molecule has 1 aliphatic rings. The van der Waals surface area contributed by atoms with Gasteiger partial charge in [0.25, 0.3) is 11.8 Å². The average Bonchev–Trinajstić information content (AvgIpc) is 3.02. The van der Waals surface area contributed by atoms with Crippen LogP contribution in [0.15, 0.2) is 42.5 Å². The van der Waals surface area contributed by atoms with E-state index in [1.807, 2.05) is 30.0 Å². The molecule has 1 aliphatic heterocycles. The molecule has 1 N–H and O–H groups in total. The number of amides is 2. The van der Waals surface area contributed by atoms with E-state index in [4.69, 9.17) is 9.47 Å². The summed E-state index contributed by atoms with van der Waals surface area (Å²) in [6.07, 6.45) is 4.35. The molecule has 29 heavy (non-hydrogen) atoms. The number of carbonyl (C=O) groups is 2. The number of aryl methyl sites for hydroxylation is 1. The standard InChI is InChI=1S/C23H28N2O4/c1-17-11-12-20(21(15-17)28-2)29-16-22(26)24-19-10-6-5-9-18(19)23(27)25-13-7-3-4-8-14-25/h5-6,9-12,15H,3-4,7-8,13-14,16H2,1-2H3,(H,24,26). The number of hydrogen-bond acceptors (Lipinski definition) is 4. The Hall–Kier alpha value is -3.02. The van der Waals surface area contributed by atoms with E-state index in [1.54, 1.807) is 31.4 Å². The number of nitrogens with zero attached hydrogens (tertiary/aromatic N) is 1. The minimum atomic E-state index is -0.330. The highest BCUT2D eigenvalue weighted by molar-refractivity contribution is 6.04. The first-order chi connectivity index (χ1) is 14.1. The van der Waals surface area contributed by atoms with Gasteiger partial charge < -0.3 is 19.7 Å². The van der Waals surface area contributed by atoms with E-state index in [0.29, 0.717) is 22.7 Å². The summed E-state index contributed by atoms with van der Waals surface area (Å²) in [7, 11) is 1.56. The van der Waals surface area contributed by atoms with E-state index in [9.17, 15) is 9.59 Å². The Kier molecular flexibility index (Phi) is 7.11. The maximum atomic E-state index is 13.0. The fourth-order valence-corrected chi connectivity index (χ4v) is 3.45. The highest BCUT2D eigenvalue weighted by Crippen LogP contribution is 2.28. The minimum Gasteiger partial charge on any atom is -0.493 e. The molecule has 0 spiro atoms. The van der Waals surface area contributed by atoms with Gasteiger partial charge in [-0.1, -0.05) is 31.0 Å². The van der Waals surface area contributed by atoms with Crippen molar-refractivity contribution in [3.63, 3.8) is 0 Å². The number of likely N-dealkylation sites (tertiary alicyclic amines) is 1. The number of ether oxygens (including phenoxy) is 2. The van der Waals surface area contributed by atoms with Gasteiger partial charge in [0.2, 0.25) is 0 Å². The molecule has 1 heterocycles. The topological polar surface area (TPSA) is 67.9 Å². The average molecular weight is 396 g/mol. The lowest BCUT2D eigenvalue weighted by Crippen LogP contribution is -2.33. The molecule has 0 aromatic heterocycles. The van der Waals surface area contributed by atoms with Crippen molar-refractivity contribution < 1.29 is 19.1 Å². The Morgan fingerprint density at radius 1 is 1.00 bits per heavy atom. The molecule has 2 amide bonds. The zero-order valence-electron chi connectivity index (χ0n) is 17.1. The van der Waals surface area contributed by atoms with Gasteiger partial charge in [-0.2, -0.15) is 0 Å². The van der Waals surface area contributed by atoms with Crippen LogP contribution < -0.4 is 14.8 Å². The molecule has 6 heteroatoms. The second-order valence-corrected chi connectivity index (χ2v) is 7.24. The second-order valence-electron chi connectivity index (χ2n) is 7.24. The van der Waals surface area contributed by atoms with Crippen LogP contribution in [0.2, 0.25) is 0 Å². The van der Waals surface area contributed by atoms with Gasteiger partial charge in [-0.15, -0.1) is 0 Å². The van der Waals surface area contributed by atoms with E-state index < -0.39 is 0 Å². The Morgan fingerprint density at radius 3 is 2.45 bits per heavy atom. The summed E-state index contributed by atoms with van der Waals surface area (Å²) in [6, 6.07) is 12.6. The molecular weight excluding hydrogens is 368 g/mol. The van der Waals surface area contributed by atoms with Crippen LogP contribution in [0.4, 0.5) is 5.69 Å². The number of hydrogen-bond donors (Lipinski definition) is 1. The van der Waals surface area contributed by atoms with Crippen LogP contribution in [0.3, 0.4) is 0 Å². The minimum absolute atomic E-state index is 0.0380. The van der Waals surface area contributed by atoms with Crippen LogP contribution >= 0.6 is 0 Å². The van der Waals surface area contributed by atoms with Gasteiger partial charge in [-0.25, -0.2) is 0 Å². The fraction of sp³-hybridized carbons (Fsp3) is 0.391. The number of rotatable bonds is 6. The lowest BCUT2D eigenvalue weighted by atomic mass is 10.1. The molecule has 2 aromatic rings. The number of para-hydroxylation sites is 1. The van der Waals surface area contributed by atoms with Crippen molar-refractivity contribution in [2.45, 2.75) is 32.6 Å². The maximum Gasteiger partial charge on any atom is 0.262 e. The third-order valence-electron chi connectivity index (χ3n) is 5.00. The van der Waals surface area contributed by atoms with Gasteiger partial charge in [0, 0.05) is 13.1 Å². The lowest BCUT2D eigenvalue weighted by Gasteiger charge is -2.22. The number of carbonyl (C=O) groups excluding carboxylic acids is 2. The summed E-state index contributed by atoms with van der Waals surface area (Å²) >= 11 is 0. The molecular formula is C23H28N2O4. The van der Waals surface area contributed by atoms with Gasteiger partial charge in [-0.05, 0) is 49.6 Å². The highest BCUT2D eigenvalue weighted by atomic mass is 16.5. The number of anilines is 1. The summed E-state index contributed by atoms with van der Waals surface area (Å²) < 4.78 is 10.9. The predicted molar refractivity (Wildman–Crippen MR) is 113 cm³/mol. The van der Waals surface area contributed by atoms with Gasteiger partial charge in [0.05, 0.1) is 18.4 Å². The largest absolute Gasteiger partial charge is 0.493 e. The van der Waals surface area contributed by atoms with Crippen molar-refractivity contribution in [2.75, 3.05) is 32.1 Å². The number of nitrogens with one attached hydrogen (secondary N) is 1. The predicted octanol–water partition coefficient (Wildman–Crippen LogP) is 4.04. The maximum absolute atomic E-state index is 13.0. The Bertz CT molecular complexity index is 858. The number of benzene rings is 2. The third kappa shape index (κ3) is 5.50. The zero-order valence-corrected chi connectivity index (χ0v) is 17.1. The van der Waals surface area contributed by atoms with Crippen LogP contribution in [0.1, 0.15) is 41.6 Å². The van der Waals surface area contributed by atoms with Crippen LogP contribution in [0.5, 0.6) is 11.5 Å². The summed E-state index contributed by atoms with van der Waals surface area (Å²) in [4.78, 5) is 27.3. The zero-order chi connectivity index (χ0) is 20.6. The van der Waals surface area contributed by atoms with Crippen molar-refractivity contribution in [3.8, 4) is 11.5 Å². The number of methoxy groups -OCH3 is 1. The second kappa shape index (κ2) is 9.96. The first kappa shape index (κ1) is 20.7. The molecule has 2 aromatic carbocycles. The molecule has 0 atom stereocenters. The summed E-state index contributed by atoms with van der Waals surface area (Å²) in [5, 5.41) is 2.81. The van der Waals surface area contributed by atoms with Gasteiger partial charge in [-0.3, -0.25) is 9.59 Å². The van der Waals surface area contributed by atoms with Gasteiger partial charge in [0.1, 0.15) is 0 Å². The van der Waals surface area contributed by atoms with E-state index in [0.717, 1.165) is 44.3 Å². The van der Waals surface area contributed by atoms with E-state index in [-0.39, 0.29) is 18.4 Å². The molecule has 154 valence electrons. The molecule has 6 nitrogen and oxygen atoms in total. The van der Waals surface area contributed by atoms with Crippen LogP contribution in [0, 0.1) is 6.92 Å². The van der Waals surface area contributed by atoms with Crippen LogP contribution in [0.25, 0.3) is 0 Å². The highest BCUT2D eigenvalue weighted by Gasteiger charge is 2.20. The molecule has 0 radical (unpaired) electrons. The van der Waals surface area contributed by atoms with Crippen molar-refractivity contribution >= 4 is 17.5 Å². The van der Waals surface area contributed by atoms with Gasteiger partial charge in [0.15, 0.2) is 18.1 Å². The quantitative estimate of drug-likeness (QED) is 0.800. The SMILES string of the molecule is COc1cc(C)ccc1OCC(=O)Nc1ccccc1C(=O)N1CCCCCC1. The third-order valence-corrected chi connectivity index (χ3v) is 5.00. The van der Waals surface area contributed by atoms with E-state index in [1.165, 1.54) is 0 Å². The molecule has 3 rings (SSSR count). The molecule has 1 fully saturated rings. The summed E-state index contributed by atoms with van der Waals surface area (Å²) in [5.74, 6) is 0.712. The van der Waals surface area contributed by atoms with Gasteiger partial charge >= 0.3 is 0 Å². The van der Waals surface area contributed by atoms with Crippen molar-refractivity contribution in [2.24, 2.45) is 0 Å². The van der Waals surface area contributed by atoms with Crippen LogP contribution in [-0.2, 0) is 4.79 Å². The van der Waals surface area contributed by atoms with Crippen molar-refractivity contribution in [1.82, 2.24) is 4.90 Å². The van der Waals surface area contributed by atoms with Crippen molar-refractivity contribution in [1.29, 1.82) is 0 Å². The van der Waals surface area contributed by atoms with Crippen LogP contribution in [-0.4, -0.2) is 43.5 Å². The van der Waals surface area contributed by atoms with E-state index in [2.05, 4.69) is 5.32 Å². The monoisotopic (exact) mass is 396 g/mol. The Balaban J connectivity index is 1.66. The summed E-state index contributed by atoms with van der Waals surface area (Å²) in [5.41, 5.74) is 2.06. The first-order valence-corrected chi connectivity index (χ1v) is 10.0. The van der Waals surface area contributed by atoms with E-state index >= 15 is 0 Å². The Morgan fingerprint density at radius 2 is 1.72 bits per heavy atom.